The molecule has 0 spiro atoms. The maximum atomic E-state index is 12.9. The number of aliphatic hydroxyl groups is 1. The summed E-state index contributed by atoms with van der Waals surface area (Å²) in [6.07, 6.45) is 8.69. The van der Waals surface area contributed by atoms with Gasteiger partial charge in [0.25, 0.3) is 5.91 Å². The summed E-state index contributed by atoms with van der Waals surface area (Å²) in [5.74, 6) is 0.793. The third-order valence-electron chi connectivity index (χ3n) is 7.58. The van der Waals surface area contributed by atoms with Crippen molar-refractivity contribution in [3.63, 3.8) is 0 Å². The Morgan fingerprint density at radius 3 is 2.75 bits per heavy atom. The number of H-pyrrole nitrogens is 1. The first-order chi connectivity index (χ1) is 17.6. The Morgan fingerprint density at radius 2 is 1.97 bits per heavy atom. The van der Waals surface area contributed by atoms with Crippen LogP contribution in [0.15, 0.2) is 23.1 Å². The summed E-state index contributed by atoms with van der Waals surface area (Å²) in [6.45, 7) is 5.79. The number of aromatic amines is 1. The molecule has 36 heavy (non-hydrogen) atoms. The predicted octanol–water partition coefficient (Wildman–Crippen LogP) is 3.57. The molecular formula is C28H36N4O3S. The lowest BCUT2D eigenvalue weighted by Gasteiger charge is -2.34. The van der Waals surface area contributed by atoms with Crippen LogP contribution in [0.2, 0.25) is 0 Å². The number of hydrogen-bond donors (Lipinski definition) is 3. The van der Waals surface area contributed by atoms with Gasteiger partial charge in [0.05, 0.1) is 5.57 Å². The van der Waals surface area contributed by atoms with E-state index in [9.17, 15) is 9.59 Å². The van der Waals surface area contributed by atoms with Crippen molar-refractivity contribution in [2.24, 2.45) is 0 Å². The Morgan fingerprint density at radius 1 is 1.17 bits per heavy atom. The fourth-order valence-corrected chi connectivity index (χ4v) is 6.40. The van der Waals surface area contributed by atoms with Crippen molar-refractivity contribution < 1.29 is 14.7 Å². The molecule has 3 heterocycles. The second-order valence-electron chi connectivity index (χ2n) is 9.82. The molecule has 8 heteroatoms. The molecule has 2 amide bonds. The zero-order chi connectivity index (χ0) is 25.1. The molecule has 1 aliphatic carbocycles. The lowest BCUT2D eigenvalue weighted by Crippen LogP contribution is -2.49. The van der Waals surface area contributed by atoms with Gasteiger partial charge in [-0.05, 0) is 86.2 Å². The van der Waals surface area contributed by atoms with Crippen LogP contribution in [-0.4, -0.2) is 76.8 Å². The van der Waals surface area contributed by atoms with Crippen LogP contribution in [0.4, 0.5) is 5.69 Å². The highest BCUT2D eigenvalue weighted by molar-refractivity contribution is 7.99. The van der Waals surface area contributed by atoms with Gasteiger partial charge in [-0.3, -0.25) is 14.5 Å². The Labute approximate surface area is 217 Å². The van der Waals surface area contributed by atoms with E-state index in [0.717, 1.165) is 73.6 Å². The minimum absolute atomic E-state index is 0.0301. The number of anilines is 1. The summed E-state index contributed by atoms with van der Waals surface area (Å²) < 4.78 is 0. The Bertz CT molecular complexity index is 1160. The number of carbonyl (C=O) groups excluding carboxylic acids is 2. The van der Waals surface area contributed by atoms with E-state index in [0.29, 0.717) is 13.1 Å². The molecule has 3 N–H and O–H groups in total. The van der Waals surface area contributed by atoms with E-state index in [2.05, 4.69) is 40.3 Å². The number of carbonyl (C=O) groups is 2. The van der Waals surface area contributed by atoms with Crippen molar-refractivity contribution in [3.05, 3.63) is 46.3 Å². The number of aryl methyl sites for hydroxylation is 1. The fourth-order valence-electron chi connectivity index (χ4n) is 5.70. The topological polar surface area (TPSA) is 88.7 Å². The lowest BCUT2D eigenvalue weighted by molar-refractivity contribution is -0.135. The summed E-state index contributed by atoms with van der Waals surface area (Å²) >= 11 is 1.79. The molecule has 2 aromatic rings. The van der Waals surface area contributed by atoms with E-state index >= 15 is 0 Å². The molecule has 192 valence electrons. The van der Waals surface area contributed by atoms with Gasteiger partial charge in [0.2, 0.25) is 5.91 Å². The number of aliphatic hydroxyl groups excluding tert-OH is 1. The van der Waals surface area contributed by atoms with E-state index < -0.39 is 6.61 Å². The summed E-state index contributed by atoms with van der Waals surface area (Å²) in [5, 5.41) is 12.1. The van der Waals surface area contributed by atoms with Crippen LogP contribution in [0.5, 0.6) is 0 Å². The molecule has 2 aliphatic heterocycles. The van der Waals surface area contributed by atoms with Crippen LogP contribution in [0.1, 0.15) is 54.3 Å². The normalized spacial score (nSPS) is 18.9. The molecule has 5 rings (SSSR count). The molecular weight excluding hydrogens is 472 g/mol. The number of nitrogens with zero attached hydrogens (tertiary/aromatic N) is 2. The molecule has 0 saturated carbocycles. The van der Waals surface area contributed by atoms with Crippen molar-refractivity contribution in [2.45, 2.75) is 50.3 Å². The standard InChI is InChI=1S/C28H36N4O3S/c1-2-36-19-9-10-25-22(16-19)23(28(35)30-25)17-26-21(20-6-3-4-8-24(20)29-26)7-5-11-31-12-14-32(15-13-31)27(34)18-33/h9-10,16-17,29,33H,2-8,11-15,18H2,1H3,(H,30,35)/b23-17-. The number of nitrogens with one attached hydrogen (secondary N) is 2. The van der Waals surface area contributed by atoms with Crippen LogP contribution in [0.25, 0.3) is 11.6 Å². The molecule has 0 radical (unpaired) electrons. The predicted molar refractivity (Wildman–Crippen MR) is 145 cm³/mol. The number of benzene rings is 1. The van der Waals surface area contributed by atoms with Gasteiger partial charge in [0.1, 0.15) is 6.61 Å². The smallest absolute Gasteiger partial charge is 0.256 e. The first-order valence-electron chi connectivity index (χ1n) is 13.2. The van der Waals surface area contributed by atoms with Gasteiger partial charge in [-0.15, -0.1) is 11.8 Å². The van der Waals surface area contributed by atoms with Gasteiger partial charge >= 0.3 is 0 Å². The number of hydrogen-bond acceptors (Lipinski definition) is 5. The SMILES string of the molecule is CCSc1ccc2c(c1)/C(=C/c1[nH]c3c(c1CCCN1CCN(C(=O)CO)CC1)CCCC3)C(=O)N2. The lowest BCUT2D eigenvalue weighted by atomic mass is 9.92. The molecule has 7 nitrogen and oxygen atoms in total. The van der Waals surface area contributed by atoms with Crippen LogP contribution in [0.3, 0.4) is 0 Å². The summed E-state index contributed by atoms with van der Waals surface area (Å²) in [4.78, 5) is 33.7. The summed E-state index contributed by atoms with van der Waals surface area (Å²) in [6, 6.07) is 6.23. The van der Waals surface area contributed by atoms with E-state index in [4.69, 9.17) is 5.11 Å². The van der Waals surface area contributed by atoms with Gasteiger partial charge in [-0.2, -0.15) is 0 Å². The zero-order valence-electron chi connectivity index (χ0n) is 21.1. The van der Waals surface area contributed by atoms with Gasteiger partial charge in [-0.25, -0.2) is 0 Å². The monoisotopic (exact) mass is 508 g/mol. The van der Waals surface area contributed by atoms with Crippen LogP contribution in [-0.2, 0) is 28.9 Å². The van der Waals surface area contributed by atoms with Gasteiger partial charge < -0.3 is 20.3 Å². The number of rotatable bonds is 8. The van der Waals surface area contributed by atoms with Crippen LogP contribution < -0.4 is 5.32 Å². The average molecular weight is 509 g/mol. The molecule has 0 atom stereocenters. The van der Waals surface area contributed by atoms with E-state index in [1.807, 2.05) is 6.07 Å². The number of fused-ring (bicyclic) bond motifs is 2. The first kappa shape index (κ1) is 25.1. The molecule has 1 saturated heterocycles. The highest BCUT2D eigenvalue weighted by Crippen LogP contribution is 2.37. The van der Waals surface area contributed by atoms with Crippen molar-refractivity contribution in [1.82, 2.24) is 14.8 Å². The van der Waals surface area contributed by atoms with E-state index in [1.54, 1.807) is 16.7 Å². The first-order valence-corrected chi connectivity index (χ1v) is 14.2. The molecule has 1 aromatic heterocycles. The van der Waals surface area contributed by atoms with Crippen molar-refractivity contribution in [1.29, 1.82) is 0 Å². The van der Waals surface area contributed by atoms with Gasteiger partial charge in [0, 0.05) is 53.7 Å². The van der Waals surface area contributed by atoms with Gasteiger partial charge in [-0.1, -0.05) is 6.92 Å². The summed E-state index contributed by atoms with van der Waals surface area (Å²) in [7, 11) is 0. The molecule has 0 unspecified atom stereocenters. The van der Waals surface area contributed by atoms with Gasteiger partial charge in [0.15, 0.2) is 0 Å². The van der Waals surface area contributed by atoms with E-state index in [1.165, 1.54) is 34.6 Å². The molecule has 1 fully saturated rings. The third-order valence-corrected chi connectivity index (χ3v) is 8.45. The van der Waals surface area contributed by atoms with Crippen molar-refractivity contribution in [2.75, 3.05) is 50.4 Å². The maximum Gasteiger partial charge on any atom is 0.256 e. The average Bonchev–Trinajstić information content (AvgIpc) is 3.41. The highest BCUT2D eigenvalue weighted by Gasteiger charge is 2.27. The van der Waals surface area contributed by atoms with Crippen molar-refractivity contribution in [3.8, 4) is 0 Å². The second-order valence-corrected chi connectivity index (χ2v) is 11.2. The summed E-state index contributed by atoms with van der Waals surface area (Å²) in [5.41, 5.74) is 7.88. The van der Waals surface area contributed by atoms with Crippen molar-refractivity contribution >= 4 is 40.9 Å². The van der Waals surface area contributed by atoms with Crippen LogP contribution in [0, 0.1) is 0 Å². The number of thioether (sulfide) groups is 1. The Hall–Kier alpha value is -2.55. The zero-order valence-corrected chi connectivity index (χ0v) is 21.9. The largest absolute Gasteiger partial charge is 0.387 e. The maximum absolute atomic E-state index is 12.9. The minimum atomic E-state index is -0.405. The Kier molecular flexibility index (Phi) is 7.84. The molecule has 3 aliphatic rings. The fraction of sp³-hybridized carbons (Fsp3) is 0.500. The third kappa shape index (κ3) is 5.26. The molecule has 0 bridgehead atoms. The van der Waals surface area contributed by atoms with E-state index in [-0.39, 0.29) is 11.8 Å². The Balaban J connectivity index is 1.33. The number of aromatic nitrogens is 1. The highest BCUT2D eigenvalue weighted by atomic mass is 32.2. The quantitative estimate of drug-likeness (QED) is 0.375. The second kappa shape index (κ2) is 11.2. The van der Waals surface area contributed by atoms with Crippen LogP contribution >= 0.6 is 11.8 Å². The number of amides is 2. The molecule has 1 aromatic carbocycles. The minimum Gasteiger partial charge on any atom is -0.387 e. The number of piperazine rings is 1.